The number of amides is 2. The van der Waals surface area contributed by atoms with E-state index in [2.05, 4.69) is 15.6 Å². The first-order chi connectivity index (χ1) is 17.9. The van der Waals surface area contributed by atoms with Gasteiger partial charge in [0, 0.05) is 12.5 Å². The molecule has 0 radical (unpaired) electrons. The van der Waals surface area contributed by atoms with Crippen LogP contribution in [-0.2, 0) is 25.5 Å². The fraction of sp³-hybridized carbons (Fsp3) is 0.357. The highest BCUT2D eigenvalue weighted by molar-refractivity contribution is 6.00. The molecule has 194 valence electrons. The Morgan fingerprint density at radius 1 is 1.11 bits per heavy atom. The lowest BCUT2D eigenvalue weighted by atomic mass is 9.97. The molecule has 37 heavy (non-hydrogen) atoms. The summed E-state index contributed by atoms with van der Waals surface area (Å²) in [7, 11) is 0. The Balaban J connectivity index is 1.58. The number of oxazole rings is 1. The smallest absolute Gasteiger partial charge is 0.309 e. The molecule has 1 aliphatic heterocycles. The molecule has 0 saturated heterocycles. The third kappa shape index (κ3) is 6.83. The first-order valence-corrected chi connectivity index (χ1v) is 12.4. The standard InChI is InChI=1S/C28H31N3O6/c1-18(16-32)29-26(33)21-12-6-5-11-20(15-25-30-22-13-7-8-14-24(22)37-25)28(35)36-17-23(31-27(21)34)19-9-3-2-4-10-19/h2-10,13-14,18,20-21,23,32H,11-12,15-17H2,1H3,(H,29,33)(H,31,34)/t18-,20?,21?,23?/m1/s1. The quantitative estimate of drug-likeness (QED) is 0.267. The first kappa shape index (κ1) is 26.1. The largest absolute Gasteiger partial charge is 0.463 e. The van der Waals surface area contributed by atoms with Crippen LogP contribution in [0.5, 0.6) is 0 Å². The molecule has 0 fully saturated rings. The number of hydrogen-bond acceptors (Lipinski definition) is 7. The second-order valence-electron chi connectivity index (χ2n) is 9.17. The van der Waals surface area contributed by atoms with E-state index in [0.29, 0.717) is 23.4 Å². The maximum Gasteiger partial charge on any atom is 0.309 e. The fourth-order valence-electron chi connectivity index (χ4n) is 4.16. The van der Waals surface area contributed by atoms with E-state index in [1.54, 1.807) is 19.1 Å². The molecule has 9 heteroatoms. The molecule has 0 spiro atoms. The zero-order valence-corrected chi connectivity index (χ0v) is 20.6. The van der Waals surface area contributed by atoms with Gasteiger partial charge in [-0.1, -0.05) is 54.6 Å². The number of hydrogen-bond donors (Lipinski definition) is 3. The number of aliphatic hydroxyl groups is 1. The summed E-state index contributed by atoms with van der Waals surface area (Å²) in [6.07, 6.45) is 4.21. The first-order valence-electron chi connectivity index (χ1n) is 12.4. The molecule has 0 bridgehead atoms. The van der Waals surface area contributed by atoms with Gasteiger partial charge in [-0.2, -0.15) is 0 Å². The number of para-hydroxylation sites is 2. The van der Waals surface area contributed by atoms with Gasteiger partial charge in [0.1, 0.15) is 18.0 Å². The Hall–Kier alpha value is -3.98. The summed E-state index contributed by atoms with van der Waals surface area (Å²) >= 11 is 0. The van der Waals surface area contributed by atoms with E-state index in [0.717, 1.165) is 5.56 Å². The van der Waals surface area contributed by atoms with Gasteiger partial charge in [0.2, 0.25) is 11.8 Å². The van der Waals surface area contributed by atoms with Crippen LogP contribution in [0.4, 0.5) is 0 Å². The summed E-state index contributed by atoms with van der Waals surface area (Å²) in [4.78, 5) is 43.6. The fourth-order valence-corrected chi connectivity index (χ4v) is 4.16. The van der Waals surface area contributed by atoms with Gasteiger partial charge in [0.25, 0.3) is 0 Å². The highest BCUT2D eigenvalue weighted by Crippen LogP contribution is 2.22. The van der Waals surface area contributed by atoms with Gasteiger partial charge < -0.3 is 24.9 Å². The molecule has 4 atom stereocenters. The number of rotatable bonds is 6. The zero-order chi connectivity index (χ0) is 26.2. The lowest BCUT2D eigenvalue weighted by Crippen LogP contribution is -2.46. The number of carbonyl (C=O) groups excluding carboxylic acids is 3. The zero-order valence-electron chi connectivity index (χ0n) is 20.6. The van der Waals surface area contributed by atoms with E-state index in [-0.39, 0.29) is 26.1 Å². The van der Waals surface area contributed by atoms with Crippen molar-refractivity contribution in [3.8, 4) is 0 Å². The maximum atomic E-state index is 13.2. The topological polar surface area (TPSA) is 131 Å². The molecule has 0 aliphatic carbocycles. The van der Waals surface area contributed by atoms with Gasteiger partial charge >= 0.3 is 5.97 Å². The number of nitrogens with zero attached hydrogens (tertiary/aromatic N) is 1. The minimum atomic E-state index is -1.01. The predicted molar refractivity (Wildman–Crippen MR) is 136 cm³/mol. The summed E-state index contributed by atoms with van der Waals surface area (Å²) in [5.74, 6) is -2.52. The van der Waals surface area contributed by atoms with Crippen molar-refractivity contribution in [1.29, 1.82) is 0 Å². The second-order valence-corrected chi connectivity index (χ2v) is 9.17. The van der Waals surface area contributed by atoms with Crippen molar-refractivity contribution in [3.05, 3.63) is 78.2 Å². The van der Waals surface area contributed by atoms with E-state index in [9.17, 15) is 19.5 Å². The molecule has 2 amide bonds. The van der Waals surface area contributed by atoms with Crippen LogP contribution in [0.2, 0.25) is 0 Å². The molecule has 1 aromatic heterocycles. The van der Waals surface area contributed by atoms with Crippen molar-refractivity contribution in [1.82, 2.24) is 15.6 Å². The molecule has 1 aliphatic rings. The Morgan fingerprint density at radius 3 is 2.59 bits per heavy atom. The Kier molecular flexibility index (Phi) is 8.68. The minimum Gasteiger partial charge on any atom is -0.463 e. The minimum absolute atomic E-state index is 0.0935. The molecule has 0 saturated carbocycles. The third-order valence-corrected chi connectivity index (χ3v) is 6.26. The number of nitrogens with one attached hydrogen (secondary N) is 2. The summed E-state index contributed by atoms with van der Waals surface area (Å²) in [5.41, 5.74) is 2.11. The number of allylic oxidation sites excluding steroid dienone is 2. The Bertz CT molecular complexity index is 1220. The van der Waals surface area contributed by atoms with Gasteiger partial charge in [-0.15, -0.1) is 0 Å². The van der Waals surface area contributed by atoms with Crippen LogP contribution in [-0.4, -0.2) is 47.1 Å². The van der Waals surface area contributed by atoms with Crippen molar-refractivity contribution < 1.29 is 28.6 Å². The maximum absolute atomic E-state index is 13.2. The number of carbonyl (C=O) groups is 3. The second kappa shape index (κ2) is 12.3. The van der Waals surface area contributed by atoms with Crippen LogP contribution < -0.4 is 10.6 Å². The van der Waals surface area contributed by atoms with Crippen molar-refractivity contribution in [2.45, 2.75) is 38.3 Å². The third-order valence-electron chi connectivity index (χ3n) is 6.26. The lowest BCUT2D eigenvalue weighted by Gasteiger charge is -2.24. The highest BCUT2D eigenvalue weighted by Gasteiger charge is 2.31. The normalized spacial score (nSPS) is 21.8. The predicted octanol–water partition coefficient (Wildman–Crippen LogP) is 2.85. The van der Waals surface area contributed by atoms with Gasteiger partial charge in [0.15, 0.2) is 11.5 Å². The van der Waals surface area contributed by atoms with E-state index in [4.69, 9.17) is 9.15 Å². The highest BCUT2D eigenvalue weighted by atomic mass is 16.5. The summed E-state index contributed by atoms with van der Waals surface area (Å²) in [5, 5.41) is 14.9. The number of fused-ring (bicyclic) bond motifs is 1. The van der Waals surface area contributed by atoms with E-state index in [1.165, 1.54) is 0 Å². The molecule has 3 unspecified atom stereocenters. The molecule has 9 nitrogen and oxygen atoms in total. The van der Waals surface area contributed by atoms with Crippen molar-refractivity contribution in [2.75, 3.05) is 13.2 Å². The average molecular weight is 506 g/mol. The van der Waals surface area contributed by atoms with Crippen molar-refractivity contribution in [3.63, 3.8) is 0 Å². The lowest BCUT2D eigenvalue weighted by molar-refractivity contribution is -0.150. The average Bonchev–Trinajstić information content (AvgIpc) is 3.32. The van der Waals surface area contributed by atoms with Crippen LogP contribution in [0, 0.1) is 11.8 Å². The van der Waals surface area contributed by atoms with Crippen molar-refractivity contribution >= 4 is 28.9 Å². The monoisotopic (exact) mass is 505 g/mol. The number of benzene rings is 2. The summed E-state index contributed by atoms with van der Waals surface area (Å²) in [6.45, 7) is 1.32. The van der Waals surface area contributed by atoms with Crippen molar-refractivity contribution in [2.24, 2.45) is 11.8 Å². The molecule has 2 aromatic carbocycles. The van der Waals surface area contributed by atoms with Gasteiger partial charge in [-0.25, -0.2) is 4.98 Å². The van der Waals surface area contributed by atoms with Gasteiger partial charge in [0.05, 0.1) is 18.6 Å². The van der Waals surface area contributed by atoms with E-state index < -0.39 is 41.7 Å². The Labute approximate surface area is 214 Å². The van der Waals surface area contributed by atoms with Gasteiger partial charge in [-0.3, -0.25) is 14.4 Å². The van der Waals surface area contributed by atoms with Gasteiger partial charge in [-0.05, 0) is 37.5 Å². The van der Waals surface area contributed by atoms with Crippen LogP contribution in [0.3, 0.4) is 0 Å². The molecule has 3 aromatic rings. The van der Waals surface area contributed by atoms with Crippen LogP contribution in [0.15, 0.2) is 71.2 Å². The van der Waals surface area contributed by atoms with Crippen LogP contribution >= 0.6 is 0 Å². The molecule has 4 rings (SSSR count). The number of aliphatic hydroxyl groups excluding tert-OH is 1. The number of aromatic nitrogens is 1. The van der Waals surface area contributed by atoms with Crippen LogP contribution in [0.1, 0.15) is 37.3 Å². The van der Waals surface area contributed by atoms with E-state index in [1.807, 2.05) is 54.6 Å². The molecule has 2 heterocycles. The SMILES string of the molecule is C[C@H](CO)NC(=O)C1CC=CCC(Cc2nc3ccccc3o2)C(=O)OCC(c2ccccc2)NC1=O. The number of cyclic esters (lactones) is 1. The van der Waals surface area contributed by atoms with E-state index >= 15 is 0 Å². The summed E-state index contributed by atoms with van der Waals surface area (Å²) < 4.78 is 11.5. The van der Waals surface area contributed by atoms with Crippen LogP contribution in [0.25, 0.3) is 11.1 Å². The number of ether oxygens (including phenoxy) is 1. The summed E-state index contributed by atoms with van der Waals surface area (Å²) in [6, 6.07) is 15.4. The Morgan fingerprint density at radius 2 is 1.84 bits per heavy atom. The number of esters is 1. The molecular weight excluding hydrogens is 474 g/mol. The molecule has 3 N–H and O–H groups in total. The molecular formula is C28H31N3O6.